The predicted molar refractivity (Wildman–Crippen MR) is 113 cm³/mol. The highest BCUT2D eigenvalue weighted by atomic mass is 35.5. The van der Waals surface area contributed by atoms with Crippen molar-refractivity contribution in [3.05, 3.63) is 33.7 Å². The van der Waals surface area contributed by atoms with Crippen LogP contribution in [-0.4, -0.2) is 11.6 Å². The Kier molecular flexibility index (Phi) is 4.14. The Morgan fingerprint density at radius 3 is 2.44 bits per heavy atom. The van der Waals surface area contributed by atoms with Crippen molar-refractivity contribution in [2.75, 3.05) is 0 Å². The van der Waals surface area contributed by atoms with Crippen molar-refractivity contribution in [3.63, 3.8) is 0 Å². The smallest absolute Gasteiger partial charge is 0.266 e. The number of carbonyl (C=O) groups excluding carboxylic acids is 1. The van der Waals surface area contributed by atoms with Gasteiger partial charge in [-0.1, -0.05) is 23.7 Å². The number of hydrazone groups is 1. The topological polar surface area (TPSA) is 41.5 Å². The fourth-order valence-corrected chi connectivity index (χ4v) is 7.68. The molecule has 6 rings (SSSR count). The lowest BCUT2D eigenvalue weighted by molar-refractivity contribution is -0.0128. The maximum atomic E-state index is 12.8. The second-order valence-corrected chi connectivity index (χ2v) is 10.5. The van der Waals surface area contributed by atoms with Crippen LogP contribution < -0.4 is 5.43 Å². The third-order valence-corrected chi connectivity index (χ3v) is 8.78. The summed E-state index contributed by atoms with van der Waals surface area (Å²) in [6.07, 6.45) is 8.01. The van der Waals surface area contributed by atoms with Crippen LogP contribution in [0.1, 0.15) is 60.7 Å². The van der Waals surface area contributed by atoms with E-state index in [4.69, 9.17) is 11.6 Å². The number of benzene rings is 1. The van der Waals surface area contributed by atoms with Gasteiger partial charge in [-0.3, -0.25) is 4.79 Å². The molecule has 4 aliphatic rings. The summed E-state index contributed by atoms with van der Waals surface area (Å²) >= 11 is 7.92. The van der Waals surface area contributed by atoms with Gasteiger partial charge in [-0.2, -0.15) is 5.10 Å². The molecule has 0 radical (unpaired) electrons. The second-order valence-electron chi connectivity index (χ2n) is 9.08. The van der Waals surface area contributed by atoms with E-state index in [2.05, 4.69) is 23.5 Å². The normalized spacial score (nSPS) is 32.3. The largest absolute Gasteiger partial charge is 0.283 e. The molecular formula is C22H25ClN2OS. The van der Waals surface area contributed by atoms with Crippen LogP contribution in [0.5, 0.6) is 0 Å². The van der Waals surface area contributed by atoms with Gasteiger partial charge < -0.3 is 0 Å². The van der Waals surface area contributed by atoms with Crippen LogP contribution >= 0.6 is 22.9 Å². The zero-order valence-corrected chi connectivity index (χ0v) is 17.4. The van der Waals surface area contributed by atoms with Gasteiger partial charge in [0.2, 0.25) is 0 Å². The summed E-state index contributed by atoms with van der Waals surface area (Å²) in [4.78, 5) is 13.3. The van der Waals surface area contributed by atoms with Crippen molar-refractivity contribution in [1.82, 2.24) is 5.43 Å². The minimum absolute atomic E-state index is 0.192. The van der Waals surface area contributed by atoms with Crippen molar-refractivity contribution in [1.29, 1.82) is 0 Å². The van der Waals surface area contributed by atoms with Gasteiger partial charge in [-0.15, -0.1) is 11.3 Å². The number of aryl methyl sites for hydroxylation is 1. The van der Waals surface area contributed by atoms with Crippen LogP contribution in [0.3, 0.4) is 0 Å². The average Bonchev–Trinajstić information content (AvgIpc) is 2.94. The number of hydrogen-bond donors (Lipinski definition) is 1. The van der Waals surface area contributed by atoms with Crippen molar-refractivity contribution >= 4 is 44.6 Å². The van der Waals surface area contributed by atoms with Crippen LogP contribution in [0.2, 0.25) is 5.02 Å². The first kappa shape index (κ1) is 17.7. The second kappa shape index (κ2) is 6.31. The van der Waals surface area contributed by atoms with Gasteiger partial charge in [0.05, 0.1) is 5.02 Å². The number of nitrogens with one attached hydrogen (secondary N) is 1. The Hall–Kier alpha value is -1.39. The maximum absolute atomic E-state index is 12.8. The Labute approximate surface area is 169 Å². The van der Waals surface area contributed by atoms with Gasteiger partial charge in [0.15, 0.2) is 0 Å². The molecule has 4 saturated carbocycles. The molecule has 3 nitrogen and oxygen atoms in total. The van der Waals surface area contributed by atoms with E-state index in [1.165, 1.54) is 55.4 Å². The molecule has 142 valence electrons. The highest BCUT2D eigenvalue weighted by Crippen LogP contribution is 2.60. The Balaban J connectivity index is 1.38. The van der Waals surface area contributed by atoms with Crippen molar-refractivity contribution in [3.8, 4) is 0 Å². The van der Waals surface area contributed by atoms with E-state index in [1.54, 1.807) is 0 Å². The molecular weight excluding hydrogens is 376 g/mol. The number of nitrogens with zero attached hydrogens (tertiary/aromatic N) is 1. The zero-order chi connectivity index (χ0) is 18.8. The number of fused-ring (bicyclic) bond motifs is 1. The zero-order valence-electron chi connectivity index (χ0n) is 15.8. The summed E-state index contributed by atoms with van der Waals surface area (Å²) in [5.41, 5.74) is 5.32. The van der Waals surface area contributed by atoms with Crippen LogP contribution in [0.15, 0.2) is 23.3 Å². The molecule has 0 unspecified atom stereocenters. The molecule has 1 amide bonds. The van der Waals surface area contributed by atoms with E-state index >= 15 is 0 Å². The Morgan fingerprint density at radius 2 is 1.81 bits per heavy atom. The Morgan fingerprint density at radius 1 is 1.19 bits per heavy atom. The quantitative estimate of drug-likeness (QED) is 0.484. The van der Waals surface area contributed by atoms with Gasteiger partial charge in [-0.25, -0.2) is 5.43 Å². The SMILES string of the molecule is C/C(=N\NC(=O)c1sc2cc(C)ccc2c1Cl)C12CC3CC(CC(C3)C1)C2. The summed E-state index contributed by atoms with van der Waals surface area (Å²) in [5.74, 6) is 2.43. The molecule has 4 fully saturated rings. The molecule has 0 atom stereocenters. The number of thiophene rings is 1. The third kappa shape index (κ3) is 2.92. The van der Waals surface area contributed by atoms with E-state index in [-0.39, 0.29) is 11.3 Å². The average molecular weight is 401 g/mol. The molecule has 5 heteroatoms. The highest BCUT2D eigenvalue weighted by molar-refractivity contribution is 7.21. The molecule has 27 heavy (non-hydrogen) atoms. The standard InChI is InChI=1S/C22H25ClN2OS/c1-12-3-4-17-18(5-12)27-20(19(17)23)21(26)25-24-13(2)22-9-14-6-15(10-22)8-16(7-14)11-22/h3-5,14-16H,6-11H2,1-2H3,(H,25,26)/b24-13+. The highest BCUT2D eigenvalue weighted by Gasteiger charge is 2.52. The molecule has 0 saturated heterocycles. The van der Waals surface area contributed by atoms with Gasteiger partial charge in [0.25, 0.3) is 5.91 Å². The summed E-state index contributed by atoms with van der Waals surface area (Å²) in [6, 6.07) is 6.09. The summed E-state index contributed by atoms with van der Waals surface area (Å²) < 4.78 is 1.05. The van der Waals surface area contributed by atoms with Gasteiger partial charge in [-0.05, 0) is 81.8 Å². The summed E-state index contributed by atoms with van der Waals surface area (Å²) in [5, 5.41) is 6.07. The van der Waals surface area contributed by atoms with E-state index in [9.17, 15) is 4.79 Å². The molecule has 4 bridgehead atoms. The minimum atomic E-state index is -0.192. The monoisotopic (exact) mass is 400 g/mol. The van der Waals surface area contributed by atoms with Gasteiger partial charge in [0.1, 0.15) is 4.88 Å². The summed E-state index contributed by atoms with van der Waals surface area (Å²) in [7, 11) is 0. The number of carbonyl (C=O) groups is 1. The summed E-state index contributed by atoms with van der Waals surface area (Å²) in [6.45, 7) is 4.16. The number of rotatable bonds is 3. The molecule has 1 N–H and O–H groups in total. The fourth-order valence-electron chi connectivity index (χ4n) is 6.18. The number of hydrogen-bond acceptors (Lipinski definition) is 3. The van der Waals surface area contributed by atoms with Gasteiger partial charge in [0, 0.05) is 21.2 Å². The van der Waals surface area contributed by atoms with Crippen molar-refractivity contribution in [2.45, 2.75) is 52.4 Å². The van der Waals surface area contributed by atoms with Crippen LogP contribution in [0, 0.1) is 30.1 Å². The van der Waals surface area contributed by atoms with Gasteiger partial charge >= 0.3 is 0 Å². The molecule has 2 aromatic rings. The van der Waals surface area contributed by atoms with Crippen LogP contribution in [-0.2, 0) is 0 Å². The van der Waals surface area contributed by atoms with Crippen molar-refractivity contribution < 1.29 is 4.79 Å². The Bertz CT molecular complexity index is 925. The first-order chi connectivity index (χ1) is 12.9. The molecule has 0 spiro atoms. The number of amides is 1. The fraction of sp³-hybridized carbons (Fsp3) is 0.545. The maximum Gasteiger partial charge on any atom is 0.283 e. The van der Waals surface area contributed by atoms with E-state index in [1.807, 2.05) is 19.1 Å². The minimum Gasteiger partial charge on any atom is -0.266 e. The molecule has 1 heterocycles. The van der Waals surface area contributed by atoms with E-state index < -0.39 is 0 Å². The lowest BCUT2D eigenvalue weighted by Gasteiger charge is -2.56. The van der Waals surface area contributed by atoms with Crippen molar-refractivity contribution in [2.24, 2.45) is 28.3 Å². The van der Waals surface area contributed by atoms with Crippen LogP contribution in [0.25, 0.3) is 10.1 Å². The van der Waals surface area contributed by atoms with Crippen LogP contribution in [0.4, 0.5) is 0 Å². The lowest BCUT2D eigenvalue weighted by Crippen LogP contribution is -2.49. The molecule has 0 aliphatic heterocycles. The predicted octanol–water partition coefficient (Wildman–Crippen LogP) is 6.19. The molecule has 4 aliphatic carbocycles. The van der Waals surface area contributed by atoms with E-state index in [0.717, 1.165) is 33.6 Å². The molecule has 1 aromatic carbocycles. The first-order valence-electron chi connectivity index (χ1n) is 9.97. The number of halogens is 1. The first-order valence-corrected chi connectivity index (χ1v) is 11.2. The lowest BCUT2D eigenvalue weighted by atomic mass is 9.48. The third-order valence-electron chi connectivity index (χ3n) is 7.12. The van der Waals surface area contributed by atoms with E-state index in [0.29, 0.717) is 9.90 Å². The molecule has 1 aromatic heterocycles.